The lowest BCUT2D eigenvalue weighted by molar-refractivity contribution is 0.404. The molecule has 1 unspecified atom stereocenters. The molecule has 4 heteroatoms. The lowest BCUT2D eigenvalue weighted by atomic mass is 10.1. The van der Waals surface area contributed by atoms with Crippen molar-refractivity contribution >= 4 is 0 Å². The minimum atomic E-state index is -0.312. The van der Waals surface area contributed by atoms with Gasteiger partial charge in [0, 0.05) is 18.2 Å². The van der Waals surface area contributed by atoms with Crippen LogP contribution in [0.25, 0.3) is 0 Å². The number of hydrogen-bond acceptors (Lipinski definition) is 3. The molecule has 0 spiro atoms. The molecule has 2 rings (SSSR count). The quantitative estimate of drug-likeness (QED) is 0.875. The van der Waals surface area contributed by atoms with Crippen molar-refractivity contribution in [2.24, 2.45) is 0 Å². The van der Waals surface area contributed by atoms with Crippen LogP contribution < -0.4 is 10.1 Å². The van der Waals surface area contributed by atoms with Gasteiger partial charge in [0.15, 0.2) is 0 Å². The largest absolute Gasteiger partial charge is 0.496 e. The summed E-state index contributed by atoms with van der Waals surface area (Å²) in [5, 5.41) is 3.43. The number of nitrogens with zero attached hydrogens (tertiary/aromatic N) is 1. The van der Waals surface area contributed by atoms with E-state index in [0.717, 1.165) is 23.4 Å². The van der Waals surface area contributed by atoms with Gasteiger partial charge in [-0.25, -0.2) is 4.39 Å². The molecule has 106 valence electrons. The Labute approximate surface area is 118 Å². The van der Waals surface area contributed by atoms with Crippen molar-refractivity contribution in [3.8, 4) is 5.75 Å². The summed E-state index contributed by atoms with van der Waals surface area (Å²) in [6.07, 6.45) is 2.14. The molecule has 0 aliphatic heterocycles. The van der Waals surface area contributed by atoms with E-state index in [1.54, 1.807) is 13.2 Å². The second kappa shape index (κ2) is 7.01. The van der Waals surface area contributed by atoms with E-state index in [9.17, 15) is 4.39 Å². The molecule has 1 aromatic carbocycles. The molecule has 1 aromatic heterocycles. The van der Waals surface area contributed by atoms with Crippen molar-refractivity contribution in [2.45, 2.75) is 25.9 Å². The van der Waals surface area contributed by atoms with Gasteiger partial charge < -0.3 is 10.1 Å². The number of halogens is 1. The maximum Gasteiger partial charge on any atom is 0.141 e. The zero-order chi connectivity index (χ0) is 14.4. The fraction of sp³-hybridized carbons (Fsp3) is 0.312. The van der Waals surface area contributed by atoms with Crippen LogP contribution in [0.5, 0.6) is 5.75 Å². The van der Waals surface area contributed by atoms with Crippen LogP contribution in [0.2, 0.25) is 0 Å². The summed E-state index contributed by atoms with van der Waals surface area (Å²) in [6.45, 7) is 2.76. The lowest BCUT2D eigenvalue weighted by Crippen LogP contribution is -2.21. The van der Waals surface area contributed by atoms with Gasteiger partial charge in [-0.1, -0.05) is 25.1 Å². The Kier molecular flexibility index (Phi) is 5.07. The van der Waals surface area contributed by atoms with Crippen LogP contribution in [-0.2, 0) is 6.54 Å². The first-order valence-corrected chi connectivity index (χ1v) is 6.71. The highest BCUT2D eigenvalue weighted by molar-refractivity contribution is 5.33. The van der Waals surface area contributed by atoms with Gasteiger partial charge in [-0.15, -0.1) is 0 Å². The van der Waals surface area contributed by atoms with E-state index >= 15 is 0 Å². The Morgan fingerprint density at radius 2 is 2.05 bits per heavy atom. The monoisotopic (exact) mass is 274 g/mol. The third-order valence-corrected chi connectivity index (χ3v) is 3.25. The summed E-state index contributed by atoms with van der Waals surface area (Å²) in [5.74, 6) is 0.551. The van der Waals surface area contributed by atoms with Gasteiger partial charge >= 0.3 is 0 Å². The summed E-state index contributed by atoms with van der Waals surface area (Å²) in [6, 6.07) is 11.2. The van der Waals surface area contributed by atoms with Gasteiger partial charge in [-0.05, 0) is 24.6 Å². The van der Waals surface area contributed by atoms with E-state index in [-0.39, 0.29) is 11.9 Å². The molecule has 1 atom stereocenters. The molecule has 2 aromatic rings. The molecule has 3 nitrogen and oxygen atoms in total. The average molecular weight is 274 g/mol. The maximum atomic E-state index is 12.9. The smallest absolute Gasteiger partial charge is 0.141 e. The fourth-order valence-electron chi connectivity index (χ4n) is 2.13. The number of benzene rings is 1. The number of rotatable bonds is 6. The van der Waals surface area contributed by atoms with Crippen LogP contribution >= 0.6 is 0 Å². The van der Waals surface area contributed by atoms with Crippen molar-refractivity contribution in [3.63, 3.8) is 0 Å². The van der Waals surface area contributed by atoms with E-state index in [0.29, 0.717) is 6.54 Å². The molecule has 0 radical (unpaired) electrons. The van der Waals surface area contributed by atoms with Crippen LogP contribution in [-0.4, -0.2) is 12.1 Å². The molecule has 20 heavy (non-hydrogen) atoms. The normalized spacial score (nSPS) is 12.2. The fourth-order valence-corrected chi connectivity index (χ4v) is 2.13. The SMILES string of the molecule is CCC(NCc1ccccc1OC)c1ccc(F)cn1. The second-order valence-corrected chi connectivity index (χ2v) is 4.55. The Balaban J connectivity index is 2.05. The number of pyridine rings is 1. The van der Waals surface area contributed by atoms with E-state index < -0.39 is 0 Å². The van der Waals surface area contributed by atoms with Crippen molar-refractivity contribution in [1.82, 2.24) is 10.3 Å². The number of nitrogens with one attached hydrogen (secondary N) is 1. The predicted octanol–water partition coefficient (Wildman–Crippen LogP) is 3.47. The number of hydrogen-bond donors (Lipinski definition) is 1. The first kappa shape index (κ1) is 14.5. The van der Waals surface area contributed by atoms with Crippen LogP contribution in [0.1, 0.15) is 30.6 Å². The molecule has 0 saturated heterocycles. The van der Waals surface area contributed by atoms with Gasteiger partial charge in [0.05, 0.1) is 19.0 Å². The Bertz CT molecular complexity index is 542. The maximum absolute atomic E-state index is 12.9. The zero-order valence-corrected chi connectivity index (χ0v) is 11.8. The van der Waals surface area contributed by atoms with Crippen molar-refractivity contribution in [3.05, 3.63) is 59.7 Å². The molecule has 0 saturated carbocycles. The molecular weight excluding hydrogens is 255 g/mol. The summed E-state index contributed by atoms with van der Waals surface area (Å²) in [5.41, 5.74) is 1.94. The minimum absolute atomic E-state index is 0.0977. The standard InChI is InChI=1S/C16H19FN2O/c1-3-14(15-9-8-13(17)11-19-15)18-10-12-6-4-5-7-16(12)20-2/h4-9,11,14,18H,3,10H2,1-2H3. The van der Waals surface area contributed by atoms with Gasteiger partial charge in [0.25, 0.3) is 0 Å². The van der Waals surface area contributed by atoms with Crippen molar-refractivity contribution in [2.75, 3.05) is 7.11 Å². The summed E-state index contributed by atoms with van der Waals surface area (Å²) in [7, 11) is 1.66. The van der Waals surface area contributed by atoms with Gasteiger partial charge in [0.1, 0.15) is 11.6 Å². The minimum Gasteiger partial charge on any atom is -0.496 e. The van der Waals surface area contributed by atoms with Crippen LogP contribution in [0.15, 0.2) is 42.6 Å². The highest BCUT2D eigenvalue weighted by atomic mass is 19.1. The van der Waals surface area contributed by atoms with Crippen LogP contribution in [0.3, 0.4) is 0 Å². The predicted molar refractivity (Wildman–Crippen MR) is 77.1 cm³/mol. The molecule has 0 aliphatic rings. The highest BCUT2D eigenvalue weighted by Gasteiger charge is 2.11. The van der Waals surface area contributed by atoms with Crippen LogP contribution in [0.4, 0.5) is 4.39 Å². The second-order valence-electron chi connectivity index (χ2n) is 4.55. The first-order chi connectivity index (χ1) is 9.74. The number of methoxy groups -OCH3 is 1. The molecule has 0 bridgehead atoms. The van der Waals surface area contributed by atoms with Crippen molar-refractivity contribution < 1.29 is 9.13 Å². The highest BCUT2D eigenvalue weighted by Crippen LogP contribution is 2.20. The lowest BCUT2D eigenvalue weighted by Gasteiger charge is -2.17. The molecule has 0 aliphatic carbocycles. The summed E-state index contributed by atoms with van der Waals surface area (Å²) >= 11 is 0. The number of aromatic nitrogens is 1. The molecule has 0 amide bonds. The topological polar surface area (TPSA) is 34.1 Å². The Hall–Kier alpha value is -1.94. The summed E-state index contributed by atoms with van der Waals surface area (Å²) in [4.78, 5) is 4.14. The van der Waals surface area contributed by atoms with Gasteiger partial charge in [0.2, 0.25) is 0 Å². The zero-order valence-electron chi connectivity index (χ0n) is 11.8. The Morgan fingerprint density at radius 3 is 2.70 bits per heavy atom. The summed E-state index contributed by atoms with van der Waals surface area (Å²) < 4.78 is 18.2. The Morgan fingerprint density at radius 1 is 1.25 bits per heavy atom. The van der Waals surface area contributed by atoms with Crippen molar-refractivity contribution in [1.29, 1.82) is 0 Å². The van der Waals surface area contributed by atoms with Gasteiger partial charge in [-0.3, -0.25) is 4.98 Å². The van der Waals surface area contributed by atoms with E-state index in [2.05, 4.69) is 17.2 Å². The van der Waals surface area contributed by atoms with E-state index in [1.807, 2.05) is 24.3 Å². The van der Waals surface area contributed by atoms with E-state index in [1.165, 1.54) is 12.3 Å². The molecule has 0 fully saturated rings. The average Bonchev–Trinajstić information content (AvgIpc) is 2.50. The first-order valence-electron chi connectivity index (χ1n) is 6.71. The van der Waals surface area contributed by atoms with Crippen LogP contribution in [0, 0.1) is 5.82 Å². The van der Waals surface area contributed by atoms with Gasteiger partial charge in [-0.2, -0.15) is 0 Å². The third-order valence-electron chi connectivity index (χ3n) is 3.25. The molecular formula is C16H19FN2O. The third kappa shape index (κ3) is 3.54. The molecule has 1 N–H and O–H groups in total. The number of ether oxygens (including phenoxy) is 1. The number of para-hydroxylation sites is 1. The van der Waals surface area contributed by atoms with E-state index in [4.69, 9.17) is 4.74 Å². The molecule has 1 heterocycles.